The second-order valence-corrected chi connectivity index (χ2v) is 5.38. The van der Waals surface area contributed by atoms with Crippen LogP contribution in [0.4, 0.5) is 5.69 Å². The molecule has 2 aromatic rings. The topological polar surface area (TPSA) is 64.6 Å². The molecule has 1 amide bonds. The summed E-state index contributed by atoms with van der Waals surface area (Å²) in [6.07, 6.45) is 0. The molecule has 0 aliphatic heterocycles. The molecule has 0 fully saturated rings. The number of hydrogen-bond donors (Lipinski definition) is 1. The molecular weight excluding hydrogens is 306 g/mol. The van der Waals surface area contributed by atoms with Gasteiger partial charge in [-0.2, -0.15) is 0 Å². The summed E-state index contributed by atoms with van der Waals surface area (Å²) in [5.41, 5.74) is 3.15. The van der Waals surface area contributed by atoms with Crippen molar-refractivity contribution >= 4 is 17.6 Å². The van der Waals surface area contributed by atoms with Gasteiger partial charge in [-0.15, -0.1) is 0 Å². The van der Waals surface area contributed by atoms with Gasteiger partial charge in [-0.25, -0.2) is 4.79 Å². The maximum Gasteiger partial charge on any atom is 0.338 e. The van der Waals surface area contributed by atoms with Gasteiger partial charge in [-0.1, -0.05) is 6.07 Å². The molecule has 0 heterocycles. The van der Waals surface area contributed by atoms with Gasteiger partial charge in [0.15, 0.2) is 6.61 Å². The number of aryl methyl sites for hydroxylation is 2. The molecule has 0 saturated carbocycles. The molecule has 0 saturated heterocycles. The number of amides is 1. The molecule has 0 atom stereocenters. The highest BCUT2D eigenvalue weighted by molar-refractivity contribution is 5.95. The second kappa shape index (κ2) is 8.15. The van der Waals surface area contributed by atoms with Crippen molar-refractivity contribution in [3.05, 3.63) is 59.2 Å². The second-order valence-electron chi connectivity index (χ2n) is 5.38. The molecule has 1 N–H and O–H groups in total. The number of hydrogen-bond acceptors (Lipinski definition) is 4. The first-order valence-corrected chi connectivity index (χ1v) is 7.76. The predicted molar refractivity (Wildman–Crippen MR) is 92.4 cm³/mol. The summed E-state index contributed by atoms with van der Waals surface area (Å²) >= 11 is 0. The molecule has 2 aromatic carbocycles. The Labute approximate surface area is 141 Å². The number of esters is 1. The lowest BCUT2D eigenvalue weighted by atomic mass is 10.1. The van der Waals surface area contributed by atoms with E-state index in [1.165, 1.54) is 0 Å². The lowest BCUT2D eigenvalue weighted by Crippen LogP contribution is -2.21. The Bertz CT molecular complexity index is 723. The maximum atomic E-state index is 12.0. The SMILES string of the molecule is CCOc1ccc(NC(=O)COC(=O)c2ccc(C)c(C)c2)cc1. The smallest absolute Gasteiger partial charge is 0.338 e. The van der Waals surface area contributed by atoms with E-state index in [2.05, 4.69) is 5.32 Å². The van der Waals surface area contributed by atoms with Gasteiger partial charge >= 0.3 is 5.97 Å². The standard InChI is InChI=1S/C19H21NO4/c1-4-23-17-9-7-16(8-10-17)20-18(21)12-24-19(22)15-6-5-13(2)14(3)11-15/h5-11H,4,12H2,1-3H3,(H,20,21). The van der Waals surface area contributed by atoms with Crippen molar-refractivity contribution in [1.29, 1.82) is 0 Å². The Morgan fingerprint density at radius 2 is 1.71 bits per heavy atom. The van der Waals surface area contributed by atoms with E-state index in [0.717, 1.165) is 16.9 Å². The van der Waals surface area contributed by atoms with Crippen LogP contribution in [-0.4, -0.2) is 25.1 Å². The van der Waals surface area contributed by atoms with E-state index >= 15 is 0 Å². The van der Waals surface area contributed by atoms with Crippen molar-refractivity contribution < 1.29 is 19.1 Å². The number of rotatable bonds is 6. The lowest BCUT2D eigenvalue weighted by molar-refractivity contribution is -0.119. The van der Waals surface area contributed by atoms with E-state index in [-0.39, 0.29) is 6.61 Å². The molecule has 0 aliphatic carbocycles. The third-order valence-corrected chi connectivity index (χ3v) is 3.53. The Hall–Kier alpha value is -2.82. The fourth-order valence-corrected chi connectivity index (χ4v) is 2.08. The third-order valence-electron chi connectivity index (χ3n) is 3.53. The molecule has 24 heavy (non-hydrogen) atoms. The number of nitrogens with one attached hydrogen (secondary N) is 1. The Kier molecular flexibility index (Phi) is 5.95. The van der Waals surface area contributed by atoms with E-state index in [4.69, 9.17) is 9.47 Å². The highest BCUT2D eigenvalue weighted by atomic mass is 16.5. The summed E-state index contributed by atoms with van der Waals surface area (Å²) in [6.45, 7) is 6.04. The van der Waals surface area contributed by atoms with Crippen molar-refractivity contribution in [3.8, 4) is 5.75 Å². The van der Waals surface area contributed by atoms with Gasteiger partial charge in [0, 0.05) is 5.69 Å². The summed E-state index contributed by atoms with van der Waals surface area (Å²) in [5.74, 6) is -0.173. The third kappa shape index (κ3) is 4.84. The molecule has 0 aromatic heterocycles. The number of benzene rings is 2. The average molecular weight is 327 g/mol. The van der Waals surface area contributed by atoms with E-state index in [1.54, 1.807) is 36.4 Å². The van der Waals surface area contributed by atoms with Crippen LogP contribution in [0.1, 0.15) is 28.4 Å². The van der Waals surface area contributed by atoms with Crippen molar-refractivity contribution in [1.82, 2.24) is 0 Å². The lowest BCUT2D eigenvalue weighted by Gasteiger charge is -2.08. The minimum atomic E-state index is -0.514. The van der Waals surface area contributed by atoms with E-state index in [9.17, 15) is 9.59 Å². The van der Waals surface area contributed by atoms with Crippen LogP contribution in [0.5, 0.6) is 5.75 Å². The fraction of sp³-hybridized carbons (Fsp3) is 0.263. The van der Waals surface area contributed by atoms with Gasteiger partial charge in [-0.3, -0.25) is 4.79 Å². The van der Waals surface area contributed by atoms with E-state index < -0.39 is 11.9 Å². The Morgan fingerprint density at radius 3 is 2.33 bits per heavy atom. The van der Waals surface area contributed by atoms with Crippen LogP contribution in [0.2, 0.25) is 0 Å². The highest BCUT2D eigenvalue weighted by Gasteiger charge is 2.11. The van der Waals surface area contributed by atoms with Gasteiger partial charge in [0.25, 0.3) is 5.91 Å². The number of carbonyl (C=O) groups is 2. The fourth-order valence-electron chi connectivity index (χ4n) is 2.08. The van der Waals surface area contributed by atoms with Crippen LogP contribution < -0.4 is 10.1 Å². The van der Waals surface area contributed by atoms with Crippen LogP contribution in [0, 0.1) is 13.8 Å². The monoisotopic (exact) mass is 327 g/mol. The minimum absolute atomic E-state index is 0.334. The summed E-state index contributed by atoms with van der Waals surface area (Å²) in [4.78, 5) is 23.8. The summed E-state index contributed by atoms with van der Waals surface area (Å²) in [6, 6.07) is 12.3. The van der Waals surface area contributed by atoms with Crippen LogP contribution in [0.3, 0.4) is 0 Å². The molecule has 0 radical (unpaired) electrons. The molecule has 126 valence electrons. The highest BCUT2D eigenvalue weighted by Crippen LogP contribution is 2.15. The predicted octanol–water partition coefficient (Wildman–Crippen LogP) is 3.50. The zero-order valence-corrected chi connectivity index (χ0v) is 14.1. The quantitative estimate of drug-likeness (QED) is 0.825. The van der Waals surface area contributed by atoms with Crippen LogP contribution >= 0.6 is 0 Å². The van der Waals surface area contributed by atoms with Crippen molar-refractivity contribution in [2.24, 2.45) is 0 Å². The zero-order valence-electron chi connectivity index (χ0n) is 14.1. The molecule has 5 heteroatoms. The molecule has 5 nitrogen and oxygen atoms in total. The van der Waals surface area contributed by atoms with Crippen LogP contribution in [-0.2, 0) is 9.53 Å². The molecule has 0 bridgehead atoms. The summed E-state index contributed by atoms with van der Waals surface area (Å²) in [7, 11) is 0. The van der Waals surface area contributed by atoms with Crippen molar-refractivity contribution in [2.75, 3.05) is 18.5 Å². The number of ether oxygens (including phenoxy) is 2. The Balaban J connectivity index is 1.86. The number of carbonyl (C=O) groups excluding carboxylic acids is 2. The first kappa shape index (κ1) is 17.5. The summed E-state index contributed by atoms with van der Waals surface area (Å²) < 4.78 is 10.4. The zero-order chi connectivity index (χ0) is 17.5. The van der Waals surface area contributed by atoms with Gasteiger partial charge in [-0.05, 0) is 68.3 Å². The molecule has 0 aliphatic rings. The van der Waals surface area contributed by atoms with Gasteiger partial charge in [0.1, 0.15) is 5.75 Å². The van der Waals surface area contributed by atoms with Gasteiger partial charge in [0.2, 0.25) is 0 Å². The average Bonchev–Trinajstić information content (AvgIpc) is 2.57. The van der Waals surface area contributed by atoms with Crippen LogP contribution in [0.15, 0.2) is 42.5 Å². The largest absolute Gasteiger partial charge is 0.494 e. The van der Waals surface area contributed by atoms with Crippen LogP contribution in [0.25, 0.3) is 0 Å². The number of anilines is 1. The first-order valence-electron chi connectivity index (χ1n) is 7.76. The molecule has 0 unspecified atom stereocenters. The minimum Gasteiger partial charge on any atom is -0.494 e. The van der Waals surface area contributed by atoms with Crippen molar-refractivity contribution in [2.45, 2.75) is 20.8 Å². The van der Waals surface area contributed by atoms with Crippen molar-refractivity contribution in [3.63, 3.8) is 0 Å². The van der Waals surface area contributed by atoms with E-state index in [1.807, 2.05) is 26.8 Å². The Morgan fingerprint density at radius 1 is 1.00 bits per heavy atom. The van der Waals surface area contributed by atoms with Gasteiger partial charge in [0.05, 0.1) is 12.2 Å². The van der Waals surface area contributed by atoms with Gasteiger partial charge < -0.3 is 14.8 Å². The molecule has 0 spiro atoms. The molecule has 2 rings (SSSR count). The molecular formula is C19H21NO4. The summed E-state index contributed by atoms with van der Waals surface area (Å²) in [5, 5.41) is 2.67. The van der Waals surface area contributed by atoms with E-state index in [0.29, 0.717) is 17.9 Å². The first-order chi connectivity index (χ1) is 11.5. The normalized spacial score (nSPS) is 10.1. The maximum absolute atomic E-state index is 12.0.